The molecule has 0 fully saturated rings. The standard InChI is InChI=1S/C18H17N/c1-14-12-17(15-8-4-2-5-9-15)19-18(13-14)16-10-6-3-7-11-16/h2,4-6,8-13H,3,7H2,1H3. The van der Waals surface area contributed by atoms with E-state index in [1.54, 1.807) is 0 Å². The molecule has 0 radical (unpaired) electrons. The van der Waals surface area contributed by atoms with E-state index in [1.165, 1.54) is 16.7 Å². The third kappa shape index (κ3) is 2.65. The lowest BCUT2D eigenvalue weighted by Gasteiger charge is -2.10. The van der Waals surface area contributed by atoms with Gasteiger partial charge in [-0.3, -0.25) is 0 Å². The Morgan fingerprint density at radius 2 is 1.74 bits per heavy atom. The molecule has 2 aromatic rings. The highest BCUT2D eigenvalue weighted by molar-refractivity contribution is 5.74. The number of rotatable bonds is 2. The summed E-state index contributed by atoms with van der Waals surface area (Å²) in [5.74, 6) is 0. The lowest BCUT2D eigenvalue weighted by Crippen LogP contribution is -1.94. The third-order valence-corrected chi connectivity index (χ3v) is 3.33. The van der Waals surface area contributed by atoms with Crippen molar-refractivity contribution in [3.8, 4) is 11.3 Å². The third-order valence-electron chi connectivity index (χ3n) is 3.33. The smallest absolute Gasteiger partial charge is 0.0712 e. The number of hydrogen-bond acceptors (Lipinski definition) is 1. The maximum absolute atomic E-state index is 4.81. The molecule has 19 heavy (non-hydrogen) atoms. The van der Waals surface area contributed by atoms with Gasteiger partial charge in [-0.2, -0.15) is 0 Å². The number of benzene rings is 1. The van der Waals surface area contributed by atoms with Crippen LogP contribution in [0, 0.1) is 6.92 Å². The largest absolute Gasteiger partial charge is 0.248 e. The van der Waals surface area contributed by atoms with E-state index < -0.39 is 0 Å². The van der Waals surface area contributed by atoms with Crippen molar-refractivity contribution in [1.82, 2.24) is 4.98 Å². The van der Waals surface area contributed by atoms with Gasteiger partial charge in [0.2, 0.25) is 0 Å². The Balaban J connectivity index is 2.06. The molecule has 1 nitrogen and oxygen atoms in total. The molecule has 0 unspecified atom stereocenters. The molecular weight excluding hydrogens is 230 g/mol. The van der Waals surface area contributed by atoms with Crippen molar-refractivity contribution in [2.24, 2.45) is 0 Å². The van der Waals surface area contributed by atoms with Crippen LogP contribution in [0.3, 0.4) is 0 Å². The molecule has 3 rings (SSSR count). The molecule has 94 valence electrons. The molecule has 1 heteroatoms. The molecule has 0 aliphatic heterocycles. The van der Waals surface area contributed by atoms with Crippen molar-refractivity contribution in [2.45, 2.75) is 19.8 Å². The van der Waals surface area contributed by atoms with Gasteiger partial charge >= 0.3 is 0 Å². The van der Waals surface area contributed by atoms with Gasteiger partial charge in [0.25, 0.3) is 0 Å². The topological polar surface area (TPSA) is 12.9 Å². The van der Waals surface area contributed by atoms with Crippen LogP contribution in [0.2, 0.25) is 0 Å². The van der Waals surface area contributed by atoms with E-state index >= 15 is 0 Å². The van der Waals surface area contributed by atoms with Gasteiger partial charge in [-0.15, -0.1) is 0 Å². The average molecular weight is 247 g/mol. The fourth-order valence-electron chi connectivity index (χ4n) is 2.38. The van der Waals surface area contributed by atoms with Gasteiger partial charge < -0.3 is 0 Å². The quantitative estimate of drug-likeness (QED) is 0.743. The molecule has 1 heterocycles. The fourth-order valence-corrected chi connectivity index (χ4v) is 2.38. The SMILES string of the molecule is Cc1cc(C2=CCCC=C2)nc(-c2ccccc2)c1. The normalized spacial score (nSPS) is 14.3. The number of aryl methyl sites for hydroxylation is 1. The summed E-state index contributed by atoms with van der Waals surface area (Å²) in [6.45, 7) is 2.13. The maximum Gasteiger partial charge on any atom is 0.0712 e. The summed E-state index contributed by atoms with van der Waals surface area (Å²) in [4.78, 5) is 4.81. The van der Waals surface area contributed by atoms with Crippen molar-refractivity contribution in [3.05, 3.63) is 72.0 Å². The zero-order valence-electron chi connectivity index (χ0n) is 11.1. The van der Waals surface area contributed by atoms with Gasteiger partial charge in [-0.1, -0.05) is 48.6 Å². The first-order chi connectivity index (χ1) is 9.33. The molecule has 1 aromatic heterocycles. The fraction of sp³-hybridized carbons (Fsp3) is 0.167. The van der Waals surface area contributed by atoms with Crippen LogP contribution in [0.5, 0.6) is 0 Å². The first-order valence-corrected chi connectivity index (χ1v) is 6.74. The predicted octanol–water partition coefficient (Wildman–Crippen LogP) is 4.79. The van der Waals surface area contributed by atoms with E-state index in [0.29, 0.717) is 0 Å². The predicted molar refractivity (Wildman–Crippen MR) is 80.8 cm³/mol. The van der Waals surface area contributed by atoms with Crippen LogP contribution in [0.25, 0.3) is 16.8 Å². The number of hydrogen-bond donors (Lipinski definition) is 0. The Morgan fingerprint density at radius 1 is 0.947 bits per heavy atom. The molecule has 1 aromatic carbocycles. The van der Waals surface area contributed by atoms with E-state index in [4.69, 9.17) is 4.98 Å². The summed E-state index contributed by atoms with van der Waals surface area (Å²) < 4.78 is 0. The van der Waals surface area contributed by atoms with Crippen molar-refractivity contribution in [1.29, 1.82) is 0 Å². The van der Waals surface area contributed by atoms with Gasteiger partial charge in [0.15, 0.2) is 0 Å². The minimum Gasteiger partial charge on any atom is -0.248 e. The monoisotopic (exact) mass is 247 g/mol. The number of nitrogens with zero attached hydrogens (tertiary/aromatic N) is 1. The van der Waals surface area contributed by atoms with Gasteiger partial charge in [0.05, 0.1) is 11.4 Å². The van der Waals surface area contributed by atoms with Gasteiger partial charge in [0, 0.05) is 5.56 Å². The molecule has 0 amide bonds. The van der Waals surface area contributed by atoms with E-state index in [1.807, 2.05) is 6.07 Å². The minimum absolute atomic E-state index is 1.05. The Labute approximate surface area is 114 Å². The van der Waals surface area contributed by atoms with Crippen LogP contribution in [0.15, 0.2) is 60.7 Å². The van der Waals surface area contributed by atoms with Gasteiger partial charge in [-0.25, -0.2) is 4.98 Å². The maximum atomic E-state index is 4.81. The molecular formula is C18H17N. The van der Waals surface area contributed by atoms with Crippen LogP contribution in [0.1, 0.15) is 24.1 Å². The molecule has 0 N–H and O–H groups in total. The van der Waals surface area contributed by atoms with E-state index in [2.05, 4.69) is 61.5 Å². The van der Waals surface area contributed by atoms with Crippen molar-refractivity contribution in [2.75, 3.05) is 0 Å². The van der Waals surface area contributed by atoms with Crippen molar-refractivity contribution in [3.63, 3.8) is 0 Å². The van der Waals surface area contributed by atoms with E-state index in [0.717, 1.165) is 24.2 Å². The van der Waals surface area contributed by atoms with E-state index in [9.17, 15) is 0 Å². The molecule has 0 saturated heterocycles. The first kappa shape index (κ1) is 11.9. The molecule has 1 aliphatic carbocycles. The number of aromatic nitrogens is 1. The highest BCUT2D eigenvalue weighted by Crippen LogP contribution is 2.24. The summed E-state index contributed by atoms with van der Waals surface area (Å²) >= 11 is 0. The van der Waals surface area contributed by atoms with Crippen LogP contribution >= 0.6 is 0 Å². The lowest BCUT2D eigenvalue weighted by molar-refractivity contribution is 1.04. The second-order valence-electron chi connectivity index (χ2n) is 4.92. The molecule has 0 bridgehead atoms. The lowest BCUT2D eigenvalue weighted by atomic mass is 10.0. The summed E-state index contributed by atoms with van der Waals surface area (Å²) in [5.41, 5.74) is 5.80. The number of allylic oxidation sites excluding steroid dienone is 4. The molecule has 0 saturated carbocycles. The first-order valence-electron chi connectivity index (χ1n) is 6.74. The van der Waals surface area contributed by atoms with Crippen molar-refractivity contribution < 1.29 is 0 Å². The Morgan fingerprint density at radius 3 is 2.47 bits per heavy atom. The summed E-state index contributed by atoms with van der Waals surface area (Å²) in [6, 6.07) is 14.7. The van der Waals surface area contributed by atoms with Crippen LogP contribution in [-0.4, -0.2) is 4.98 Å². The van der Waals surface area contributed by atoms with Crippen LogP contribution in [0.4, 0.5) is 0 Å². The van der Waals surface area contributed by atoms with Crippen LogP contribution in [-0.2, 0) is 0 Å². The molecule has 1 aliphatic rings. The zero-order valence-corrected chi connectivity index (χ0v) is 11.1. The summed E-state index contributed by atoms with van der Waals surface area (Å²) in [6.07, 6.45) is 8.93. The van der Waals surface area contributed by atoms with Gasteiger partial charge in [-0.05, 0) is 43.0 Å². The van der Waals surface area contributed by atoms with E-state index in [-0.39, 0.29) is 0 Å². The van der Waals surface area contributed by atoms with Crippen LogP contribution < -0.4 is 0 Å². The second kappa shape index (κ2) is 5.23. The summed E-state index contributed by atoms with van der Waals surface area (Å²) in [7, 11) is 0. The highest BCUT2D eigenvalue weighted by atomic mass is 14.7. The Bertz CT molecular complexity index is 636. The minimum atomic E-state index is 1.05. The highest BCUT2D eigenvalue weighted by Gasteiger charge is 2.07. The molecule has 0 atom stereocenters. The zero-order chi connectivity index (χ0) is 13.1. The molecule has 0 spiro atoms. The second-order valence-corrected chi connectivity index (χ2v) is 4.92. The van der Waals surface area contributed by atoms with Gasteiger partial charge in [0.1, 0.15) is 0 Å². The Kier molecular flexibility index (Phi) is 3.28. The average Bonchev–Trinajstić information content (AvgIpc) is 2.48. The summed E-state index contributed by atoms with van der Waals surface area (Å²) in [5, 5.41) is 0. The Hall–Kier alpha value is -2.15. The number of pyridine rings is 1. The van der Waals surface area contributed by atoms with Crippen molar-refractivity contribution >= 4 is 5.57 Å².